The second-order valence-electron chi connectivity index (χ2n) is 5.93. The van der Waals surface area contributed by atoms with Crippen molar-refractivity contribution in [2.75, 3.05) is 10.6 Å². The number of rotatable bonds is 5. The zero-order valence-electron chi connectivity index (χ0n) is 13.3. The number of nitrogens with one attached hydrogen (secondary N) is 2. The normalized spacial score (nSPS) is 13.2. The molecular formula is C19H18N2O3. The lowest BCUT2D eigenvalue weighted by Gasteiger charge is -2.08. The maximum Gasteiger partial charge on any atom is 0.255 e. The first-order valence-corrected chi connectivity index (χ1v) is 7.86. The van der Waals surface area contributed by atoms with Gasteiger partial charge >= 0.3 is 0 Å². The third-order valence-corrected chi connectivity index (χ3v) is 3.89. The van der Waals surface area contributed by atoms with Crippen LogP contribution in [0.1, 0.15) is 40.5 Å². The standard InChI is InChI=1S/C19H18N2O3/c1-12(22)13-7-9-16(10-8-13)20-19(24)15-3-2-4-17(11-15)21-18(23)14-5-6-14/h2-4,7-11,14H,5-6H2,1H3,(H,20,24)(H,21,23). The van der Waals surface area contributed by atoms with Gasteiger partial charge in [-0.05, 0) is 62.2 Å². The van der Waals surface area contributed by atoms with Gasteiger partial charge in [-0.25, -0.2) is 0 Å². The lowest BCUT2D eigenvalue weighted by atomic mass is 10.1. The Morgan fingerprint density at radius 1 is 0.875 bits per heavy atom. The molecule has 0 radical (unpaired) electrons. The van der Waals surface area contributed by atoms with E-state index >= 15 is 0 Å². The van der Waals surface area contributed by atoms with Crippen molar-refractivity contribution >= 4 is 29.0 Å². The Labute approximate surface area is 140 Å². The Hall–Kier alpha value is -2.95. The lowest BCUT2D eigenvalue weighted by molar-refractivity contribution is -0.117. The minimum Gasteiger partial charge on any atom is -0.326 e. The van der Waals surface area contributed by atoms with Gasteiger partial charge in [0.15, 0.2) is 5.78 Å². The average Bonchev–Trinajstić information content (AvgIpc) is 3.40. The van der Waals surface area contributed by atoms with E-state index in [4.69, 9.17) is 0 Å². The van der Waals surface area contributed by atoms with E-state index in [0.29, 0.717) is 22.5 Å². The molecule has 0 saturated heterocycles. The van der Waals surface area contributed by atoms with Gasteiger partial charge in [0.1, 0.15) is 0 Å². The van der Waals surface area contributed by atoms with Gasteiger partial charge < -0.3 is 10.6 Å². The molecule has 0 heterocycles. The minimum absolute atomic E-state index is 0.00683. The summed E-state index contributed by atoms with van der Waals surface area (Å²) in [6.45, 7) is 1.50. The summed E-state index contributed by atoms with van der Waals surface area (Å²) in [6, 6.07) is 13.6. The van der Waals surface area contributed by atoms with Crippen LogP contribution in [0.2, 0.25) is 0 Å². The smallest absolute Gasteiger partial charge is 0.255 e. The van der Waals surface area contributed by atoms with E-state index in [1.165, 1.54) is 6.92 Å². The Kier molecular flexibility index (Phi) is 4.42. The Bertz CT molecular complexity index is 793. The average molecular weight is 322 g/mol. The van der Waals surface area contributed by atoms with Crippen molar-refractivity contribution in [1.29, 1.82) is 0 Å². The topological polar surface area (TPSA) is 75.3 Å². The summed E-state index contributed by atoms with van der Waals surface area (Å²) in [5, 5.41) is 5.60. The molecule has 3 rings (SSSR count). The molecule has 0 unspecified atom stereocenters. The number of anilines is 2. The number of Topliss-reactive ketones (excluding diaryl/α,β-unsaturated/α-hetero) is 1. The first kappa shape index (κ1) is 15.9. The van der Waals surface area contributed by atoms with Crippen LogP contribution in [0.3, 0.4) is 0 Å². The highest BCUT2D eigenvalue weighted by Gasteiger charge is 2.29. The van der Waals surface area contributed by atoms with Crippen LogP contribution in [-0.4, -0.2) is 17.6 Å². The molecule has 0 atom stereocenters. The molecule has 2 aromatic carbocycles. The van der Waals surface area contributed by atoms with Crippen molar-refractivity contribution in [3.63, 3.8) is 0 Å². The summed E-state index contributed by atoms with van der Waals surface area (Å²) in [6.07, 6.45) is 1.87. The minimum atomic E-state index is -0.270. The number of carbonyl (C=O) groups is 3. The van der Waals surface area contributed by atoms with E-state index in [1.807, 2.05) is 0 Å². The van der Waals surface area contributed by atoms with Crippen LogP contribution in [0.5, 0.6) is 0 Å². The van der Waals surface area contributed by atoms with Gasteiger partial charge in [-0.1, -0.05) is 6.07 Å². The molecule has 0 bridgehead atoms. The zero-order valence-corrected chi connectivity index (χ0v) is 13.3. The summed E-state index contributed by atoms with van der Waals surface area (Å²) < 4.78 is 0. The summed E-state index contributed by atoms with van der Waals surface area (Å²) in [5.74, 6) is -0.172. The molecule has 2 amide bonds. The molecule has 1 aliphatic carbocycles. The predicted molar refractivity (Wildman–Crippen MR) is 92.2 cm³/mol. The van der Waals surface area contributed by atoms with Crippen LogP contribution in [0.25, 0.3) is 0 Å². The molecule has 1 fully saturated rings. The molecule has 5 heteroatoms. The number of hydrogen-bond donors (Lipinski definition) is 2. The lowest BCUT2D eigenvalue weighted by Crippen LogP contribution is -2.15. The quantitative estimate of drug-likeness (QED) is 0.827. The second-order valence-corrected chi connectivity index (χ2v) is 5.93. The fourth-order valence-electron chi connectivity index (χ4n) is 2.32. The van der Waals surface area contributed by atoms with Crippen molar-refractivity contribution < 1.29 is 14.4 Å². The van der Waals surface area contributed by atoms with Crippen molar-refractivity contribution in [3.8, 4) is 0 Å². The van der Waals surface area contributed by atoms with Crippen molar-refractivity contribution in [1.82, 2.24) is 0 Å². The maximum atomic E-state index is 12.3. The molecule has 122 valence electrons. The summed E-state index contributed by atoms with van der Waals surface area (Å²) in [4.78, 5) is 35.4. The highest BCUT2D eigenvalue weighted by Crippen LogP contribution is 2.30. The molecule has 0 spiro atoms. The van der Waals surface area contributed by atoms with Crippen LogP contribution in [0.4, 0.5) is 11.4 Å². The third-order valence-electron chi connectivity index (χ3n) is 3.89. The maximum absolute atomic E-state index is 12.3. The largest absolute Gasteiger partial charge is 0.326 e. The highest BCUT2D eigenvalue weighted by atomic mass is 16.2. The molecule has 0 aromatic heterocycles. The predicted octanol–water partition coefficient (Wildman–Crippen LogP) is 3.49. The van der Waals surface area contributed by atoms with Crippen LogP contribution >= 0.6 is 0 Å². The van der Waals surface area contributed by atoms with Gasteiger partial charge in [-0.2, -0.15) is 0 Å². The molecule has 0 aliphatic heterocycles. The first-order chi connectivity index (χ1) is 11.5. The van der Waals surface area contributed by atoms with Gasteiger partial charge in [0.05, 0.1) is 0 Å². The first-order valence-electron chi connectivity index (χ1n) is 7.86. The molecule has 1 aliphatic rings. The van der Waals surface area contributed by atoms with Gasteiger partial charge in [0.25, 0.3) is 5.91 Å². The van der Waals surface area contributed by atoms with Crippen LogP contribution in [0, 0.1) is 5.92 Å². The number of carbonyl (C=O) groups excluding carboxylic acids is 3. The molecule has 5 nitrogen and oxygen atoms in total. The Balaban J connectivity index is 1.67. The third kappa shape index (κ3) is 3.87. The summed E-state index contributed by atoms with van der Waals surface area (Å²) >= 11 is 0. The van der Waals surface area contributed by atoms with E-state index < -0.39 is 0 Å². The van der Waals surface area contributed by atoms with E-state index in [1.54, 1.807) is 48.5 Å². The highest BCUT2D eigenvalue weighted by molar-refractivity contribution is 6.05. The van der Waals surface area contributed by atoms with Crippen molar-refractivity contribution in [2.45, 2.75) is 19.8 Å². The Morgan fingerprint density at radius 2 is 1.58 bits per heavy atom. The van der Waals surface area contributed by atoms with Gasteiger partial charge in [-0.3, -0.25) is 14.4 Å². The molecular weight excluding hydrogens is 304 g/mol. The van der Waals surface area contributed by atoms with Crippen molar-refractivity contribution in [2.24, 2.45) is 5.92 Å². The fraction of sp³-hybridized carbons (Fsp3) is 0.211. The van der Waals surface area contributed by atoms with Gasteiger partial charge in [0.2, 0.25) is 5.91 Å². The fourth-order valence-corrected chi connectivity index (χ4v) is 2.32. The molecule has 2 N–H and O–H groups in total. The Morgan fingerprint density at radius 3 is 2.21 bits per heavy atom. The van der Waals surface area contributed by atoms with Crippen LogP contribution in [-0.2, 0) is 4.79 Å². The second kappa shape index (κ2) is 6.66. The van der Waals surface area contributed by atoms with E-state index in [-0.39, 0.29) is 23.5 Å². The van der Waals surface area contributed by atoms with Crippen LogP contribution in [0.15, 0.2) is 48.5 Å². The van der Waals surface area contributed by atoms with E-state index in [9.17, 15) is 14.4 Å². The molecule has 2 aromatic rings. The van der Waals surface area contributed by atoms with E-state index in [0.717, 1.165) is 12.8 Å². The molecule has 24 heavy (non-hydrogen) atoms. The SMILES string of the molecule is CC(=O)c1ccc(NC(=O)c2cccc(NC(=O)C3CC3)c2)cc1. The van der Waals surface area contributed by atoms with Crippen LogP contribution < -0.4 is 10.6 Å². The summed E-state index contributed by atoms with van der Waals surface area (Å²) in [5.41, 5.74) is 2.28. The molecule has 1 saturated carbocycles. The zero-order chi connectivity index (χ0) is 17.1. The van der Waals surface area contributed by atoms with E-state index in [2.05, 4.69) is 10.6 Å². The number of benzene rings is 2. The van der Waals surface area contributed by atoms with Gasteiger partial charge in [0, 0.05) is 28.4 Å². The van der Waals surface area contributed by atoms with Crippen molar-refractivity contribution in [3.05, 3.63) is 59.7 Å². The number of amides is 2. The van der Waals surface area contributed by atoms with Gasteiger partial charge in [-0.15, -0.1) is 0 Å². The number of ketones is 1. The number of hydrogen-bond acceptors (Lipinski definition) is 3. The monoisotopic (exact) mass is 322 g/mol. The summed E-state index contributed by atoms with van der Waals surface area (Å²) in [7, 11) is 0.